The Hall–Kier alpha value is -2.45. The number of sulfonamides is 1. The van der Waals surface area contributed by atoms with Gasteiger partial charge in [-0.2, -0.15) is 0 Å². The number of nitrogens with one attached hydrogen (secondary N) is 2. The number of hydrogen-bond donors (Lipinski definition) is 2. The molecule has 1 saturated carbocycles. The average Bonchev–Trinajstić information content (AvgIpc) is 3.39. The number of carbonyl (C=O) groups excluding carboxylic acids is 1. The van der Waals surface area contributed by atoms with Crippen molar-refractivity contribution < 1.29 is 22.3 Å². The van der Waals surface area contributed by atoms with Crippen molar-refractivity contribution in [2.75, 3.05) is 12.4 Å². The highest BCUT2D eigenvalue weighted by molar-refractivity contribution is 7.89. The van der Waals surface area contributed by atoms with Gasteiger partial charge in [0.15, 0.2) is 0 Å². The minimum absolute atomic E-state index is 0.00976. The Kier molecular flexibility index (Phi) is 4.73. The fraction of sp³-hybridized carbons (Fsp3) is 0.235. The topological polar surface area (TPSA) is 84.5 Å². The number of methoxy groups -OCH3 is 1. The first-order valence-electron chi connectivity index (χ1n) is 7.66. The number of halogens is 1. The van der Waals surface area contributed by atoms with Crippen molar-refractivity contribution in [3.8, 4) is 5.75 Å². The highest BCUT2D eigenvalue weighted by atomic mass is 32.2. The van der Waals surface area contributed by atoms with E-state index in [1.807, 2.05) is 0 Å². The van der Waals surface area contributed by atoms with E-state index in [9.17, 15) is 17.6 Å². The third-order valence-electron chi connectivity index (χ3n) is 3.73. The van der Waals surface area contributed by atoms with Crippen LogP contribution in [0.1, 0.15) is 23.2 Å². The van der Waals surface area contributed by atoms with Gasteiger partial charge in [0.1, 0.15) is 11.6 Å². The standard InChI is InChI=1S/C17H17FN2O4S/c1-24-16-9-8-14(25(22,23)20-13-6-7-13)10-15(16)17(21)19-12-4-2-11(18)3-5-12/h2-5,8-10,13,20H,6-7H2,1H3,(H,19,21). The number of anilines is 1. The summed E-state index contributed by atoms with van der Waals surface area (Å²) in [7, 11) is -2.30. The summed E-state index contributed by atoms with van der Waals surface area (Å²) in [6.07, 6.45) is 1.63. The first-order chi connectivity index (χ1) is 11.9. The number of rotatable bonds is 6. The maximum absolute atomic E-state index is 13.0. The minimum Gasteiger partial charge on any atom is -0.496 e. The van der Waals surface area contributed by atoms with Crippen LogP contribution in [-0.4, -0.2) is 27.5 Å². The highest BCUT2D eigenvalue weighted by Gasteiger charge is 2.29. The molecule has 0 aliphatic heterocycles. The van der Waals surface area contributed by atoms with E-state index in [4.69, 9.17) is 4.74 Å². The van der Waals surface area contributed by atoms with Crippen LogP contribution in [0.2, 0.25) is 0 Å². The number of benzene rings is 2. The lowest BCUT2D eigenvalue weighted by molar-refractivity contribution is 0.102. The molecule has 0 saturated heterocycles. The average molecular weight is 364 g/mol. The number of carbonyl (C=O) groups is 1. The quantitative estimate of drug-likeness (QED) is 0.825. The smallest absolute Gasteiger partial charge is 0.259 e. The Bertz CT molecular complexity index is 893. The minimum atomic E-state index is -3.69. The van der Waals surface area contributed by atoms with Crippen LogP contribution in [-0.2, 0) is 10.0 Å². The molecule has 8 heteroatoms. The first kappa shape index (κ1) is 17.4. The second-order valence-electron chi connectivity index (χ2n) is 5.72. The molecule has 1 fully saturated rings. The Morgan fingerprint density at radius 1 is 1.16 bits per heavy atom. The summed E-state index contributed by atoms with van der Waals surface area (Å²) in [5, 5.41) is 2.59. The zero-order valence-electron chi connectivity index (χ0n) is 13.5. The predicted molar refractivity (Wildman–Crippen MR) is 90.7 cm³/mol. The van der Waals surface area contributed by atoms with Crippen LogP contribution >= 0.6 is 0 Å². The van der Waals surface area contributed by atoms with Crippen molar-refractivity contribution in [3.05, 3.63) is 53.8 Å². The van der Waals surface area contributed by atoms with Crippen molar-refractivity contribution in [2.24, 2.45) is 0 Å². The normalized spacial score (nSPS) is 14.2. The molecule has 6 nitrogen and oxygen atoms in total. The number of ether oxygens (including phenoxy) is 1. The molecule has 0 unspecified atom stereocenters. The Labute approximate surface area is 145 Å². The van der Waals surface area contributed by atoms with Crippen LogP contribution in [0, 0.1) is 5.82 Å². The van der Waals surface area contributed by atoms with Crippen LogP contribution in [0.3, 0.4) is 0 Å². The largest absolute Gasteiger partial charge is 0.496 e. The molecule has 0 heterocycles. The van der Waals surface area contributed by atoms with E-state index < -0.39 is 21.7 Å². The van der Waals surface area contributed by atoms with Crippen molar-refractivity contribution >= 4 is 21.6 Å². The van der Waals surface area contributed by atoms with Gasteiger partial charge in [0.05, 0.1) is 17.6 Å². The second-order valence-corrected chi connectivity index (χ2v) is 7.43. The second kappa shape index (κ2) is 6.81. The Morgan fingerprint density at radius 3 is 2.44 bits per heavy atom. The van der Waals surface area contributed by atoms with Gasteiger partial charge in [0, 0.05) is 11.7 Å². The van der Waals surface area contributed by atoms with E-state index in [1.54, 1.807) is 0 Å². The summed E-state index contributed by atoms with van der Waals surface area (Å²) in [5.41, 5.74) is 0.461. The van der Waals surface area contributed by atoms with E-state index in [2.05, 4.69) is 10.0 Å². The van der Waals surface area contributed by atoms with Gasteiger partial charge >= 0.3 is 0 Å². The Morgan fingerprint density at radius 2 is 1.84 bits per heavy atom. The van der Waals surface area contributed by atoms with Gasteiger partial charge in [-0.1, -0.05) is 0 Å². The third-order valence-corrected chi connectivity index (χ3v) is 5.25. The van der Waals surface area contributed by atoms with E-state index in [0.717, 1.165) is 12.8 Å². The van der Waals surface area contributed by atoms with Crippen molar-refractivity contribution in [1.29, 1.82) is 0 Å². The molecular weight excluding hydrogens is 347 g/mol. The molecular formula is C17H17FN2O4S. The van der Waals surface area contributed by atoms with E-state index in [1.165, 1.54) is 49.6 Å². The van der Waals surface area contributed by atoms with Crippen LogP contribution in [0.25, 0.3) is 0 Å². The molecule has 0 atom stereocenters. The number of hydrogen-bond acceptors (Lipinski definition) is 4. The van der Waals surface area contributed by atoms with Crippen LogP contribution < -0.4 is 14.8 Å². The van der Waals surface area contributed by atoms with Crippen LogP contribution in [0.5, 0.6) is 5.75 Å². The molecule has 0 spiro atoms. The van der Waals surface area contributed by atoms with E-state index >= 15 is 0 Å². The van der Waals surface area contributed by atoms with Crippen molar-refractivity contribution in [1.82, 2.24) is 4.72 Å². The Balaban J connectivity index is 1.88. The molecule has 1 aliphatic rings. The molecule has 132 valence electrons. The van der Waals surface area contributed by atoms with Gasteiger partial charge in [-0.15, -0.1) is 0 Å². The van der Waals surface area contributed by atoms with Gasteiger partial charge in [-0.05, 0) is 55.3 Å². The SMILES string of the molecule is COc1ccc(S(=O)(=O)NC2CC2)cc1C(=O)Nc1ccc(F)cc1. The third kappa shape index (κ3) is 4.15. The fourth-order valence-corrected chi connectivity index (χ4v) is 3.58. The van der Waals surface area contributed by atoms with Gasteiger partial charge in [0.2, 0.25) is 10.0 Å². The fourth-order valence-electron chi connectivity index (χ4n) is 2.25. The molecule has 0 radical (unpaired) electrons. The van der Waals surface area contributed by atoms with Crippen molar-refractivity contribution in [2.45, 2.75) is 23.8 Å². The predicted octanol–water partition coefficient (Wildman–Crippen LogP) is 2.53. The number of amides is 1. The van der Waals surface area contributed by atoms with Crippen LogP contribution in [0.4, 0.5) is 10.1 Å². The van der Waals surface area contributed by atoms with Gasteiger partial charge in [-0.25, -0.2) is 17.5 Å². The maximum Gasteiger partial charge on any atom is 0.259 e. The lowest BCUT2D eigenvalue weighted by Gasteiger charge is -2.12. The monoisotopic (exact) mass is 364 g/mol. The van der Waals surface area contributed by atoms with Gasteiger partial charge in [-0.3, -0.25) is 4.79 Å². The van der Waals surface area contributed by atoms with Crippen LogP contribution in [0.15, 0.2) is 47.4 Å². The summed E-state index contributed by atoms with van der Waals surface area (Å²) < 4.78 is 45.3. The maximum atomic E-state index is 13.0. The first-order valence-corrected chi connectivity index (χ1v) is 9.14. The lowest BCUT2D eigenvalue weighted by Crippen LogP contribution is -2.26. The molecule has 2 N–H and O–H groups in total. The summed E-state index contributed by atoms with van der Waals surface area (Å²) >= 11 is 0. The van der Waals surface area contributed by atoms with E-state index in [0.29, 0.717) is 5.69 Å². The molecule has 25 heavy (non-hydrogen) atoms. The summed E-state index contributed by atoms with van der Waals surface area (Å²) in [6, 6.07) is 9.30. The van der Waals surface area contributed by atoms with Gasteiger partial charge in [0.25, 0.3) is 5.91 Å². The molecule has 2 aromatic rings. The van der Waals surface area contributed by atoms with E-state index in [-0.39, 0.29) is 22.3 Å². The molecule has 2 aromatic carbocycles. The summed E-state index contributed by atoms with van der Waals surface area (Å²) in [6.45, 7) is 0. The summed E-state index contributed by atoms with van der Waals surface area (Å²) in [5.74, 6) is -0.730. The highest BCUT2D eigenvalue weighted by Crippen LogP contribution is 2.26. The van der Waals surface area contributed by atoms with Gasteiger partial charge < -0.3 is 10.1 Å². The zero-order chi connectivity index (χ0) is 18.0. The lowest BCUT2D eigenvalue weighted by atomic mass is 10.2. The van der Waals surface area contributed by atoms with Crippen molar-refractivity contribution in [3.63, 3.8) is 0 Å². The molecule has 0 bridgehead atoms. The molecule has 1 amide bonds. The summed E-state index contributed by atoms with van der Waals surface area (Å²) in [4.78, 5) is 12.5. The molecule has 1 aliphatic carbocycles. The molecule has 0 aromatic heterocycles. The zero-order valence-corrected chi connectivity index (χ0v) is 14.3. The molecule has 3 rings (SSSR count).